The molecule has 2 N–H and O–H groups in total. The van der Waals surface area contributed by atoms with Crippen LogP contribution in [0.4, 0.5) is 5.69 Å². The maximum atomic E-state index is 6.18. The van der Waals surface area contributed by atoms with Gasteiger partial charge in [-0.25, -0.2) is 0 Å². The Kier molecular flexibility index (Phi) is 5.79. The van der Waals surface area contributed by atoms with Crippen molar-refractivity contribution in [2.45, 2.75) is 51.3 Å². The van der Waals surface area contributed by atoms with Gasteiger partial charge in [0.2, 0.25) is 0 Å². The number of nitrogens with zero attached hydrogens (tertiary/aromatic N) is 1. The van der Waals surface area contributed by atoms with Gasteiger partial charge in [-0.1, -0.05) is 31.5 Å². The van der Waals surface area contributed by atoms with E-state index in [1.165, 1.54) is 42.1 Å². The van der Waals surface area contributed by atoms with Crippen LogP contribution in [0.1, 0.15) is 37.8 Å². The summed E-state index contributed by atoms with van der Waals surface area (Å²) in [7, 11) is 0. The Hall–Kier alpha value is -0.670. The number of hydrogen-bond donors (Lipinski definition) is 1. The molecule has 0 aromatic heterocycles. The van der Waals surface area contributed by atoms with Crippen molar-refractivity contribution in [3.8, 4) is 0 Å². The predicted molar refractivity (Wildman–Crippen MR) is 91.9 cm³/mol. The molecule has 2 unspecified atom stereocenters. The first-order valence-electron chi connectivity index (χ1n) is 7.85. The largest absolute Gasteiger partial charge is 0.369 e. The van der Waals surface area contributed by atoms with Gasteiger partial charge in [-0.3, -0.25) is 0 Å². The molecule has 112 valence electrons. The van der Waals surface area contributed by atoms with Gasteiger partial charge in [-0.05, 0) is 37.8 Å². The van der Waals surface area contributed by atoms with Crippen LogP contribution in [0.15, 0.2) is 18.2 Å². The Morgan fingerprint density at radius 1 is 1.40 bits per heavy atom. The van der Waals surface area contributed by atoms with Crippen molar-refractivity contribution in [2.24, 2.45) is 5.73 Å². The van der Waals surface area contributed by atoms with Crippen LogP contribution in [0, 0.1) is 6.92 Å². The Labute approximate surface area is 128 Å². The van der Waals surface area contributed by atoms with E-state index in [0.29, 0.717) is 0 Å². The summed E-state index contributed by atoms with van der Waals surface area (Å²) >= 11 is 2.12. The molecule has 1 aromatic carbocycles. The molecule has 0 aliphatic carbocycles. The minimum Gasteiger partial charge on any atom is -0.369 e. The normalized spacial score (nSPS) is 21.0. The molecule has 2 atom stereocenters. The fourth-order valence-electron chi connectivity index (χ4n) is 2.80. The summed E-state index contributed by atoms with van der Waals surface area (Å²) in [5, 5.41) is 0.776. The molecule has 2 nitrogen and oxygen atoms in total. The van der Waals surface area contributed by atoms with Gasteiger partial charge in [-0.2, -0.15) is 11.8 Å². The summed E-state index contributed by atoms with van der Waals surface area (Å²) in [5.41, 5.74) is 10.4. The van der Waals surface area contributed by atoms with E-state index in [2.05, 4.69) is 55.6 Å². The summed E-state index contributed by atoms with van der Waals surface area (Å²) in [6.45, 7) is 8.98. The maximum Gasteiger partial charge on any atom is 0.0400 e. The molecule has 1 aliphatic heterocycles. The third kappa shape index (κ3) is 3.92. The number of benzene rings is 1. The lowest BCUT2D eigenvalue weighted by Crippen LogP contribution is -2.38. The van der Waals surface area contributed by atoms with Crippen molar-refractivity contribution in [3.05, 3.63) is 29.3 Å². The van der Waals surface area contributed by atoms with E-state index in [-0.39, 0.29) is 6.04 Å². The number of anilines is 1. The van der Waals surface area contributed by atoms with E-state index in [1.54, 1.807) is 0 Å². The summed E-state index contributed by atoms with van der Waals surface area (Å²) in [5.74, 6) is 1.24. The van der Waals surface area contributed by atoms with Gasteiger partial charge in [0.25, 0.3) is 0 Å². The van der Waals surface area contributed by atoms with Crippen molar-refractivity contribution in [1.29, 1.82) is 0 Å². The summed E-state index contributed by atoms with van der Waals surface area (Å²) < 4.78 is 0. The van der Waals surface area contributed by atoms with E-state index in [4.69, 9.17) is 5.73 Å². The van der Waals surface area contributed by atoms with Gasteiger partial charge in [0.15, 0.2) is 0 Å². The van der Waals surface area contributed by atoms with E-state index in [9.17, 15) is 0 Å². The number of thioether (sulfide) groups is 1. The highest BCUT2D eigenvalue weighted by Gasteiger charge is 2.21. The summed E-state index contributed by atoms with van der Waals surface area (Å²) in [6, 6.07) is 7.14. The van der Waals surface area contributed by atoms with Crippen LogP contribution in [0.5, 0.6) is 0 Å². The van der Waals surface area contributed by atoms with E-state index in [1.807, 2.05) is 0 Å². The van der Waals surface area contributed by atoms with Crippen molar-refractivity contribution < 1.29 is 0 Å². The number of aryl methyl sites for hydroxylation is 1. The minimum absolute atomic E-state index is 0.275. The molecule has 0 amide bonds. The maximum absolute atomic E-state index is 6.18. The molecule has 0 bridgehead atoms. The fraction of sp³-hybridized carbons (Fsp3) is 0.647. The van der Waals surface area contributed by atoms with Crippen molar-refractivity contribution in [1.82, 2.24) is 0 Å². The molecule has 1 saturated heterocycles. The van der Waals surface area contributed by atoms with Crippen LogP contribution in [0.3, 0.4) is 0 Å². The lowest BCUT2D eigenvalue weighted by atomic mass is 10.00. The zero-order valence-electron chi connectivity index (χ0n) is 13.1. The van der Waals surface area contributed by atoms with Crippen LogP contribution in [0.25, 0.3) is 0 Å². The summed E-state index contributed by atoms with van der Waals surface area (Å²) in [6.07, 6.45) is 3.30. The van der Waals surface area contributed by atoms with Crippen molar-refractivity contribution in [2.75, 3.05) is 23.7 Å². The van der Waals surface area contributed by atoms with Crippen LogP contribution in [0.2, 0.25) is 0 Å². The van der Waals surface area contributed by atoms with Gasteiger partial charge < -0.3 is 10.6 Å². The quantitative estimate of drug-likeness (QED) is 0.899. The van der Waals surface area contributed by atoms with Crippen molar-refractivity contribution in [3.63, 3.8) is 0 Å². The lowest BCUT2D eigenvalue weighted by molar-refractivity contribution is 0.642. The second-order valence-electron chi connectivity index (χ2n) is 5.85. The first-order valence-corrected chi connectivity index (χ1v) is 8.90. The van der Waals surface area contributed by atoms with E-state index < -0.39 is 0 Å². The van der Waals surface area contributed by atoms with Gasteiger partial charge in [-0.15, -0.1) is 0 Å². The molecular weight excluding hydrogens is 264 g/mol. The van der Waals surface area contributed by atoms with Gasteiger partial charge in [0.1, 0.15) is 0 Å². The molecule has 1 aliphatic rings. The molecule has 3 heteroatoms. The zero-order valence-corrected chi connectivity index (χ0v) is 13.9. The molecule has 1 aromatic rings. The van der Waals surface area contributed by atoms with Gasteiger partial charge in [0.05, 0.1) is 0 Å². The molecule has 20 heavy (non-hydrogen) atoms. The Balaban J connectivity index is 2.21. The van der Waals surface area contributed by atoms with Crippen LogP contribution in [-0.2, 0) is 6.42 Å². The Morgan fingerprint density at radius 3 is 2.90 bits per heavy atom. The second kappa shape index (κ2) is 7.37. The van der Waals surface area contributed by atoms with Crippen molar-refractivity contribution >= 4 is 17.4 Å². The number of hydrogen-bond acceptors (Lipinski definition) is 3. The van der Waals surface area contributed by atoms with Crippen LogP contribution < -0.4 is 10.6 Å². The van der Waals surface area contributed by atoms with E-state index >= 15 is 0 Å². The summed E-state index contributed by atoms with van der Waals surface area (Å²) in [4.78, 5) is 2.57. The zero-order chi connectivity index (χ0) is 14.5. The number of rotatable bonds is 5. The highest BCUT2D eigenvalue weighted by Crippen LogP contribution is 2.29. The van der Waals surface area contributed by atoms with Crippen LogP contribution in [-0.4, -0.2) is 30.1 Å². The second-order valence-corrected chi connectivity index (χ2v) is 7.26. The topological polar surface area (TPSA) is 29.3 Å². The lowest BCUT2D eigenvalue weighted by Gasteiger charge is -2.35. The SMILES string of the molecule is CCC(N)Cc1cc(C)ccc1N1CCSC(CC)C1. The molecule has 2 rings (SSSR count). The Bertz CT molecular complexity index is 433. The highest BCUT2D eigenvalue weighted by atomic mass is 32.2. The average Bonchev–Trinajstić information content (AvgIpc) is 2.47. The third-order valence-electron chi connectivity index (χ3n) is 4.18. The molecule has 0 radical (unpaired) electrons. The first-order chi connectivity index (χ1) is 9.63. The standard InChI is InChI=1S/C17H28N2S/c1-4-15(18)11-14-10-13(3)6-7-17(14)19-8-9-20-16(5-2)12-19/h6-7,10,15-16H,4-5,8-9,11-12,18H2,1-3H3. The monoisotopic (exact) mass is 292 g/mol. The van der Waals surface area contributed by atoms with E-state index in [0.717, 1.165) is 18.1 Å². The molecule has 1 fully saturated rings. The highest BCUT2D eigenvalue weighted by molar-refractivity contribution is 8.00. The van der Waals surface area contributed by atoms with Gasteiger partial charge >= 0.3 is 0 Å². The molecule has 0 spiro atoms. The molecule has 1 heterocycles. The van der Waals surface area contributed by atoms with Gasteiger partial charge in [0, 0.05) is 35.8 Å². The number of nitrogens with two attached hydrogens (primary N) is 1. The minimum atomic E-state index is 0.275. The average molecular weight is 292 g/mol. The molecular formula is C17H28N2S. The smallest absolute Gasteiger partial charge is 0.0400 e. The first kappa shape index (κ1) is 15.7. The fourth-order valence-corrected chi connectivity index (χ4v) is 3.98. The van der Waals surface area contributed by atoms with Crippen LogP contribution >= 0.6 is 11.8 Å². The Morgan fingerprint density at radius 2 is 2.20 bits per heavy atom. The third-order valence-corrected chi connectivity index (χ3v) is 5.55. The molecule has 0 saturated carbocycles. The predicted octanol–water partition coefficient (Wildman–Crippen LogP) is 3.61.